The van der Waals surface area contributed by atoms with Crippen molar-refractivity contribution in [1.29, 1.82) is 0 Å². The predicted molar refractivity (Wildman–Crippen MR) is 95.5 cm³/mol. The molecule has 120 valence electrons. The normalized spacial score (nSPS) is 11.5. The summed E-state index contributed by atoms with van der Waals surface area (Å²) in [4.78, 5) is 3.20. The SMILES string of the molecule is CCCCCCCCCCCCCCC=Cc1ccc[nH]1. The molecule has 1 heterocycles. The highest BCUT2D eigenvalue weighted by atomic mass is 14.7. The van der Waals surface area contributed by atoms with Gasteiger partial charge in [-0.15, -0.1) is 0 Å². The molecule has 0 saturated carbocycles. The van der Waals surface area contributed by atoms with Crippen molar-refractivity contribution in [3.63, 3.8) is 0 Å². The highest BCUT2D eigenvalue weighted by Crippen LogP contribution is 2.12. The molecule has 1 rings (SSSR count). The van der Waals surface area contributed by atoms with Crippen LogP contribution in [0.4, 0.5) is 0 Å². The highest BCUT2D eigenvalue weighted by Gasteiger charge is 1.93. The number of aromatic nitrogens is 1. The molecule has 1 N–H and O–H groups in total. The molecule has 0 aromatic carbocycles. The molecular formula is C20H35N. The topological polar surface area (TPSA) is 15.8 Å². The van der Waals surface area contributed by atoms with Crippen LogP contribution >= 0.6 is 0 Å². The number of hydrogen-bond acceptors (Lipinski definition) is 0. The number of allylic oxidation sites excluding steroid dienone is 1. The Bertz CT molecular complexity index is 324. The summed E-state index contributed by atoms with van der Waals surface area (Å²) >= 11 is 0. The smallest absolute Gasteiger partial charge is 0.0377 e. The first kappa shape index (κ1) is 18.1. The Hall–Kier alpha value is -0.980. The van der Waals surface area contributed by atoms with Crippen molar-refractivity contribution < 1.29 is 0 Å². The average Bonchev–Trinajstić information content (AvgIpc) is 3.01. The van der Waals surface area contributed by atoms with Gasteiger partial charge >= 0.3 is 0 Å². The van der Waals surface area contributed by atoms with Gasteiger partial charge in [0.2, 0.25) is 0 Å². The summed E-state index contributed by atoms with van der Waals surface area (Å²) in [6.07, 6.45) is 24.8. The molecule has 0 bridgehead atoms. The van der Waals surface area contributed by atoms with Crippen molar-refractivity contribution in [2.24, 2.45) is 0 Å². The first-order chi connectivity index (χ1) is 10.4. The maximum Gasteiger partial charge on any atom is 0.0377 e. The molecule has 1 heteroatoms. The van der Waals surface area contributed by atoms with E-state index >= 15 is 0 Å². The molecule has 0 unspecified atom stereocenters. The van der Waals surface area contributed by atoms with Crippen molar-refractivity contribution in [3.05, 3.63) is 30.1 Å². The van der Waals surface area contributed by atoms with E-state index in [2.05, 4.69) is 30.1 Å². The molecule has 0 aliphatic heterocycles. The Balaban J connectivity index is 1.75. The van der Waals surface area contributed by atoms with Gasteiger partial charge in [-0.05, 0) is 31.1 Å². The Morgan fingerprint density at radius 3 is 1.90 bits per heavy atom. The second-order valence-electron chi connectivity index (χ2n) is 6.21. The third-order valence-electron chi connectivity index (χ3n) is 4.14. The number of hydrogen-bond donors (Lipinski definition) is 1. The van der Waals surface area contributed by atoms with Gasteiger partial charge in [-0.3, -0.25) is 0 Å². The van der Waals surface area contributed by atoms with Gasteiger partial charge in [-0.25, -0.2) is 0 Å². The standard InChI is InChI=1S/C20H35N/c1-2-3-4-5-6-7-8-9-10-11-12-13-14-15-17-20-18-16-19-21-20/h15-19,21H,2-14H2,1H3. The summed E-state index contributed by atoms with van der Waals surface area (Å²) in [5, 5.41) is 0. The van der Waals surface area contributed by atoms with E-state index in [0.29, 0.717) is 0 Å². The third kappa shape index (κ3) is 11.4. The van der Waals surface area contributed by atoms with Crippen LogP contribution in [0.1, 0.15) is 96.1 Å². The fourth-order valence-electron chi connectivity index (χ4n) is 2.76. The van der Waals surface area contributed by atoms with Crippen LogP contribution in [0.3, 0.4) is 0 Å². The third-order valence-corrected chi connectivity index (χ3v) is 4.14. The van der Waals surface area contributed by atoms with Crippen LogP contribution in [0, 0.1) is 0 Å². The lowest BCUT2D eigenvalue weighted by Gasteiger charge is -2.02. The molecule has 0 atom stereocenters. The zero-order valence-corrected chi connectivity index (χ0v) is 14.1. The Morgan fingerprint density at radius 2 is 1.38 bits per heavy atom. The van der Waals surface area contributed by atoms with Gasteiger partial charge in [-0.1, -0.05) is 83.6 Å². The summed E-state index contributed by atoms with van der Waals surface area (Å²) in [6.45, 7) is 2.29. The van der Waals surface area contributed by atoms with Crippen LogP contribution in [0.15, 0.2) is 24.4 Å². The summed E-state index contributed by atoms with van der Waals surface area (Å²) in [5.41, 5.74) is 1.22. The lowest BCUT2D eigenvalue weighted by atomic mass is 10.0. The number of nitrogens with one attached hydrogen (secondary N) is 1. The molecule has 0 radical (unpaired) electrons. The van der Waals surface area contributed by atoms with Gasteiger partial charge < -0.3 is 4.98 Å². The second kappa shape index (κ2) is 14.0. The lowest BCUT2D eigenvalue weighted by Crippen LogP contribution is -1.82. The molecule has 21 heavy (non-hydrogen) atoms. The quantitative estimate of drug-likeness (QED) is 0.351. The summed E-state index contributed by atoms with van der Waals surface area (Å²) in [7, 11) is 0. The van der Waals surface area contributed by atoms with E-state index in [1.54, 1.807) is 0 Å². The number of unbranched alkanes of at least 4 members (excludes halogenated alkanes) is 12. The highest BCUT2D eigenvalue weighted by molar-refractivity contribution is 5.43. The molecule has 0 fully saturated rings. The largest absolute Gasteiger partial charge is 0.362 e. The number of H-pyrrole nitrogens is 1. The summed E-state index contributed by atoms with van der Waals surface area (Å²) in [6, 6.07) is 4.15. The van der Waals surface area contributed by atoms with Crippen molar-refractivity contribution in [2.75, 3.05) is 0 Å². The molecule has 0 aliphatic rings. The van der Waals surface area contributed by atoms with E-state index in [1.165, 1.54) is 89.2 Å². The Morgan fingerprint density at radius 1 is 0.810 bits per heavy atom. The van der Waals surface area contributed by atoms with Gasteiger partial charge in [0.05, 0.1) is 0 Å². The zero-order valence-electron chi connectivity index (χ0n) is 14.1. The lowest BCUT2D eigenvalue weighted by molar-refractivity contribution is 0.545. The first-order valence-corrected chi connectivity index (χ1v) is 9.23. The van der Waals surface area contributed by atoms with E-state index < -0.39 is 0 Å². The van der Waals surface area contributed by atoms with Crippen LogP contribution in [0.2, 0.25) is 0 Å². The van der Waals surface area contributed by atoms with Crippen LogP contribution in [-0.2, 0) is 0 Å². The molecular weight excluding hydrogens is 254 g/mol. The van der Waals surface area contributed by atoms with Crippen molar-refractivity contribution in [1.82, 2.24) is 4.98 Å². The van der Waals surface area contributed by atoms with E-state index in [0.717, 1.165) is 0 Å². The van der Waals surface area contributed by atoms with Crippen molar-refractivity contribution >= 4 is 6.08 Å². The fourth-order valence-corrected chi connectivity index (χ4v) is 2.76. The maximum atomic E-state index is 3.20. The van der Waals surface area contributed by atoms with E-state index in [9.17, 15) is 0 Å². The molecule has 0 aliphatic carbocycles. The number of rotatable bonds is 14. The van der Waals surface area contributed by atoms with Crippen molar-refractivity contribution in [3.8, 4) is 0 Å². The predicted octanol–water partition coefficient (Wildman–Crippen LogP) is 7.12. The van der Waals surface area contributed by atoms with Gasteiger partial charge in [0.15, 0.2) is 0 Å². The number of aromatic amines is 1. The monoisotopic (exact) mass is 289 g/mol. The molecule has 0 amide bonds. The van der Waals surface area contributed by atoms with E-state index in [-0.39, 0.29) is 0 Å². The Labute approximate surface area is 132 Å². The van der Waals surface area contributed by atoms with Crippen LogP contribution in [-0.4, -0.2) is 4.98 Å². The Kier molecular flexibility index (Phi) is 12.0. The second-order valence-corrected chi connectivity index (χ2v) is 6.21. The fraction of sp³-hybridized carbons (Fsp3) is 0.700. The maximum absolute atomic E-state index is 3.20. The minimum absolute atomic E-state index is 1.22. The van der Waals surface area contributed by atoms with Crippen LogP contribution in [0.25, 0.3) is 6.08 Å². The molecule has 0 saturated heterocycles. The van der Waals surface area contributed by atoms with E-state index in [1.807, 2.05) is 12.3 Å². The molecule has 1 nitrogen and oxygen atoms in total. The van der Waals surface area contributed by atoms with Gasteiger partial charge in [0.1, 0.15) is 0 Å². The van der Waals surface area contributed by atoms with Gasteiger partial charge in [0, 0.05) is 11.9 Å². The van der Waals surface area contributed by atoms with Crippen LogP contribution in [0.5, 0.6) is 0 Å². The molecule has 1 aromatic rings. The summed E-state index contributed by atoms with van der Waals surface area (Å²) < 4.78 is 0. The average molecular weight is 290 g/mol. The van der Waals surface area contributed by atoms with Gasteiger partial charge in [-0.2, -0.15) is 0 Å². The minimum atomic E-state index is 1.22. The zero-order chi connectivity index (χ0) is 15.0. The van der Waals surface area contributed by atoms with Crippen molar-refractivity contribution in [2.45, 2.75) is 90.4 Å². The summed E-state index contributed by atoms with van der Waals surface area (Å²) in [5.74, 6) is 0. The van der Waals surface area contributed by atoms with Gasteiger partial charge in [0.25, 0.3) is 0 Å². The van der Waals surface area contributed by atoms with Crippen LogP contribution < -0.4 is 0 Å². The molecule has 0 spiro atoms. The molecule has 1 aromatic heterocycles. The van der Waals surface area contributed by atoms with E-state index in [4.69, 9.17) is 0 Å². The minimum Gasteiger partial charge on any atom is -0.362 e. The first-order valence-electron chi connectivity index (χ1n) is 9.23.